The normalized spacial score (nSPS) is 11.5. The first-order chi connectivity index (χ1) is 18.3. The number of rotatable bonds is 10. The van der Waals surface area contributed by atoms with Crippen LogP contribution in [-0.4, -0.2) is 57.5 Å². The van der Waals surface area contributed by atoms with Crippen LogP contribution in [0.5, 0.6) is 0 Å². The molecule has 4 aromatic rings. The molecule has 4 heterocycles. The molecule has 0 aliphatic rings. The lowest BCUT2D eigenvalue weighted by atomic mass is 10.0. The largest absolute Gasteiger partial charge is 0.434 e. The molecule has 0 saturated heterocycles. The van der Waals surface area contributed by atoms with Gasteiger partial charge in [0, 0.05) is 48.4 Å². The molecular weight excluding hydrogens is 525 g/mol. The summed E-state index contributed by atoms with van der Waals surface area (Å²) in [5.74, 6) is 0.666. The number of thiazole rings is 1. The number of alkyl halides is 3. The fourth-order valence-corrected chi connectivity index (χ4v) is 4.15. The molecule has 2 amide bonds. The van der Waals surface area contributed by atoms with E-state index in [2.05, 4.69) is 35.8 Å². The molecule has 0 aromatic carbocycles. The molecule has 15 heteroatoms. The van der Waals surface area contributed by atoms with Crippen LogP contribution in [0, 0.1) is 0 Å². The lowest BCUT2D eigenvalue weighted by molar-refractivity contribution is -0.140. The van der Waals surface area contributed by atoms with Gasteiger partial charge in [-0.1, -0.05) is 0 Å². The molecule has 11 nitrogen and oxygen atoms in total. The number of hydrogen-bond acceptors (Lipinski definition) is 10. The van der Waals surface area contributed by atoms with Gasteiger partial charge in [-0.25, -0.2) is 14.8 Å². The Morgan fingerprint density at radius 2 is 2.03 bits per heavy atom. The van der Waals surface area contributed by atoms with Crippen LogP contribution in [0.1, 0.15) is 18.5 Å². The number of anilines is 1. The van der Waals surface area contributed by atoms with Crippen LogP contribution in [-0.2, 0) is 17.3 Å². The first-order valence-corrected chi connectivity index (χ1v) is 12.3. The minimum atomic E-state index is -4.60. The van der Waals surface area contributed by atoms with Crippen LogP contribution < -0.4 is 16.4 Å². The molecule has 0 radical (unpaired) electrons. The second-order valence-electron chi connectivity index (χ2n) is 7.72. The van der Waals surface area contributed by atoms with E-state index in [0.717, 1.165) is 16.7 Å². The van der Waals surface area contributed by atoms with Crippen molar-refractivity contribution >= 4 is 23.2 Å². The number of hydrogen-bond donors (Lipinski definition) is 3. The number of carbonyl (C=O) groups excluding carboxylic acids is 1. The summed E-state index contributed by atoms with van der Waals surface area (Å²) in [7, 11) is 0. The number of nitrogens with two attached hydrogens (primary N) is 1. The molecular formula is C23H23F3N8O3S. The average molecular weight is 549 g/mol. The van der Waals surface area contributed by atoms with Gasteiger partial charge >= 0.3 is 12.2 Å². The highest BCUT2D eigenvalue weighted by Crippen LogP contribution is 2.38. The van der Waals surface area contributed by atoms with E-state index < -0.39 is 17.9 Å². The predicted molar refractivity (Wildman–Crippen MR) is 133 cm³/mol. The first-order valence-electron chi connectivity index (χ1n) is 11.4. The maximum Gasteiger partial charge on any atom is 0.434 e. The number of nitrogens with zero attached hydrogens (tertiary/aromatic N) is 5. The van der Waals surface area contributed by atoms with Crippen LogP contribution in [0.2, 0.25) is 0 Å². The van der Waals surface area contributed by atoms with E-state index in [9.17, 15) is 18.0 Å². The lowest BCUT2D eigenvalue weighted by Gasteiger charge is -2.11. The highest BCUT2D eigenvalue weighted by molar-refractivity contribution is 7.13. The van der Waals surface area contributed by atoms with Crippen molar-refractivity contribution in [2.75, 3.05) is 31.6 Å². The molecule has 0 aliphatic heterocycles. The van der Waals surface area contributed by atoms with Crippen molar-refractivity contribution in [2.24, 2.45) is 5.73 Å². The minimum absolute atomic E-state index is 0.101. The third kappa shape index (κ3) is 6.67. The monoisotopic (exact) mass is 548 g/mol. The Morgan fingerprint density at radius 1 is 1.18 bits per heavy atom. The van der Waals surface area contributed by atoms with E-state index >= 15 is 0 Å². The summed E-state index contributed by atoms with van der Waals surface area (Å²) in [5.41, 5.74) is 6.11. The molecule has 0 aliphatic carbocycles. The van der Waals surface area contributed by atoms with E-state index in [-0.39, 0.29) is 16.7 Å². The molecule has 0 fully saturated rings. The SMILES string of the molecule is CCNC(=O)Nc1cc(-c2nc(C(F)(F)F)cs2)c(-c2ccnc(-c3nnc(CCOCCN)o3)c2)cn1. The second kappa shape index (κ2) is 12.1. The summed E-state index contributed by atoms with van der Waals surface area (Å²) in [4.78, 5) is 24.3. The zero-order chi connectivity index (χ0) is 27.1. The lowest BCUT2D eigenvalue weighted by Crippen LogP contribution is -2.28. The number of ether oxygens (including phenoxy) is 1. The highest BCUT2D eigenvalue weighted by atomic mass is 32.1. The van der Waals surface area contributed by atoms with Crippen molar-refractivity contribution in [3.05, 3.63) is 47.6 Å². The number of nitrogens with one attached hydrogen (secondary N) is 2. The van der Waals surface area contributed by atoms with E-state index in [1.54, 1.807) is 19.1 Å². The smallest absolute Gasteiger partial charge is 0.419 e. The molecule has 4 N–H and O–H groups in total. The Labute approximate surface area is 218 Å². The zero-order valence-electron chi connectivity index (χ0n) is 20.1. The average Bonchev–Trinajstić information content (AvgIpc) is 3.57. The fraction of sp³-hybridized carbons (Fsp3) is 0.304. The van der Waals surface area contributed by atoms with Crippen molar-refractivity contribution in [1.82, 2.24) is 30.5 Å². The maximum absolute atomic E-state index is 13.3. The number of aromatic nitrogens is 5. The molecule has 4 rings (SSSR count). The van der Waals surface area contributed by atoms with Gasteiger partial charge in [-0.3, -0.25) is 10.3 Å². The van der Waals surface area contributed by atoms with Gasteiger partial charge in [-0.15, -0.1) is 21.5 Å². The van der Waals surface area contributed by atoms with Crippen LogP contribution in [0.4, 0.5) is 23.8 Å². The summed E-state index contributed by atoms with van der Waals surface area (Å²) in [6, 6.07) is 4.28. The summed E-state index contributed by atoms with van der Waals surface area (Å²) in [6.07, 6.45) is -1.25. The highest BCUT2D eigenvalue weighted by Gasteiger charge is 2.34. The van der Waals surface area contributed by atoms with Gasteiger partial charge in [0.25, 0.3) is 5.89 Å². The summed E-state index contributed by atoms with van der Waals surface area (Å²) >= 11 is 0.828. The zero-order valence-corrected chi connectivity index (χ0v) is 20.9. The van der Waals surface area contributed by atoms with Crippen molar-refractivity contribution in [3.63, 3.8) is 0 Å². The molecule has 0 spiro atoms. The van der Waals surface area contributed by atoms with Gasteiger partial charge in [0.15, 0.2) is 5.69 Å². The number of amides is 2. The third-order valence-electron chi connectivity index (χ3n) is 4.99. The van der Waals surface area contributed by atoms with E-state index in [4.69, 9.17) is 14.9 Å². The molecule has 0 unspecified atom stereocenters. The standard InChI is InChI=1S/C23H23F3N8O3S/c1-2-28-22(35)32-18-10-14(21-31-17(12-38-21)23(24,25)26)15(11-30-18)13-3-6-29-16(9-13)20-34-33-19(37-20)4-7-36-8-5-27/h3,6,9-12H,2,4-5,7-8,27H2,1H3,(H2,28,30,32,35). The fourth-order valence-electron chi connectivity index (χ4n) is 3.30. The molecule has 200 valence electrons. The van der Waals surface area contributed by atoms with Gasteiger partial charge in [0.2, 0.25) is 5.89 Å². The van der Waals surface area contributed by atoms with Crippen LogP contribution >= 0.6 is 11.3 Å². The van der Waals surface area contributed by atoms with Gasteiger partial charge in [-0.2, -0.15) is 13.2 Å². The summed E-state index contributed by atoms with van der Waals surface area (Å²) < 4.78 is 50.8. The number of pyridine rings is 2. The van der Waals surface area contributed by atoms with Crippen LogP contribution in [0.3, 0.4) is 0 Å². The Kier molecular flexibility index (Phi) is 8.60. The predicted octanol–water partition coefficient (Wildman–Crippen LogP) is 4.00. The molecule has 0 atom stereocenters. The minimum Gasteiger partial charge on any atom is -0.419 e. The van der Waals surface area contributed by atoms with Gasteiger partial charge < -0.3 is 20.2 Å². The quantitative estimate of drug-likeness (QED) is 0.250. The van der Waals surface area contributed by atoms with E-state index in [1.807, 2.05) is 0 Å². The van der Waals surface area contributed by atoms with Crippen LogP contribution in [0.25, 0.3) is 33.3 Å². The van der Waals surface area contributed by atoms with E-state index in [0.29, 0.717) is 61.0 Å². The second-order valence-corrected chi connectivity index (χ2v) is 8.58. The summed E-state index contributed by atoms with van der Waals surface area (Å²) in [6.45, 7) is 3.33. The Hall–Kier alpha value is -3.95. The van der Waals surface area contributed by atoms with Gasteiger partial charge in [0.1, 0.15) is 16.5 Å². The number of carbonyl (C=O) groups is 1. The Morgan fingerprint density at radius 3 is 2.76 bits per heavy atom. The summed E-state index contributed by atoms with van der Waals surface area (Å²) in [5, 5.41) is 14.2. The van der Waals surface area contributed by atoms with E-state index in [1.165, 1.54) is 18.5 Å². The third-order valence-corrected chi connectivity index (χ3v) is 5.86. The van der Waals surface area contributed by atoms with Gasteiger partial charge in [-0.05, 0) is 30.7 Å². The molecule has 0 bridgehead atoms. The Balaban J connectivity index is 1.68. The molecule has 38 heavy (non-hydrogen) atoms. The first kappa shape index (κ1) is 27.1. The maximum atomic E-state index is 13.3. The van der Waals surface area contributed by atoms with Crippen molar-refractivity contribution < 1.29 is 27.1 Å². The topological polar surface area (TPSA) is 154 Å². The molecule has 4 aromatic heterocycles. The van der Waals surface area contributed by atoms with Crippen LogP contribution in [0.15, 0.2) is 40.4 Å². The van der Waals surface area contributed by atoms with Crippen molar-refractivity contribution in [1.29, 1.82) is 0 Å². The van der Waals surface area contributed by atoms with Gasteiger partial charge in [0.05, 0.1) is 13.2 Å². The molecule has 0 saturated carbocycles. The Bertz CT molecular complexity index is 1390. The van der Waals surface area contributed by atoms with Crippen molar-refractivity contribution in [3.8, 4) is 33.3 Å². The number of halogens is 3. The number of urea groups is 1. The van der Waals surface area contributed by atoms with Crippen molar-refractivity contribution in [2.45, 2.75) is 19.5 Å².